The first-order chi connectivity index (χ1) is 6.85. The van der Waals surface area contributed by atoms with Crippen LogP contribution in [0.25, 0.3) is 0 Å². The van der Waals surface area contributed by atoms with Crippen LogP contribution in [-0.2, 0) is 10.5 Å². The number of nitrogens with zero attached hydrogens (tertiary/aromatic N) is 2. The molecule has 2 saturated heterocycles. The SMILES string of the molecule is N#Cc1ccc([C@]23CN2CCO3)cc1. The number of fused-ring (bicyclic) bond motifs is 1. The summed E-state index contributed by atoms with van der Waals surface area (Å²) in [5.74, 6) is 0. The average molecular weight is 186 g/mol. The molecule has 2 atom stereocenters. The maximum Gasteiger partial charge on any atom is 0.160 e. The molecule has 3 nitrogen and oxygen atoms in total. The van der Waals surface area contributed by atoms with Crippen molar-refractivity contribution in [1.29, 1.82) is 5.26 Å². The Morgan fingerprint density at radius 2 is 2.14 bits per heavy atom. The van der Waals surface area contributed by atoms with Crippen molar-refractivity contribution in [3.05, 3.63) is 35.4 Å². The topological polar surface area (TPSA) is 36.0 Å². The molecule has 0 bridgehead atoms. The molecule has 2 aliphatic rings. The minimum absolute atomic E-state index is 0.131. The molecule has 70 valence electrons. The van der Waals surface area contributed by atoms with E-state index < -0.39 is 0 Å². The fraction of sp³-hybridized carbons (Fsp3) is 0.364. The predicted molar refractivity (Wildman–Crippen MR) is 50.4 cm³/mol. The van der Waals surface area contributed by atoms with Gasteiger partial charge in [0, 0.05) is 18.7 Å². The molecule has 1 aromatic rings. The summed E-state index contributed by atoms with van der Waals surface area (Å²) >= 11 is 0. The third-order valence-electron chi connectivity index (χ3n) is 2.98. The number of morpholine rings is 1. The normalized spacial score (nSPS) is 33.5. The fourth-order valence-electron chi connectivity index (χ4n) is 2.11. The Balaban J connectivity index is 1.95. The lowest BCUT2D eigenvalue weighted by Crippen LogP contribution is -2.11. The maximum absolute atomic E-state index is 8.68. The monoisotopic (exact) mass is 186 g/mol. The first-order valence-electron chi connectivity index (χ1n) is 4.75. The van der Waals surface area contributed by atoms with E-state index in [4.69, 9.17) is 10.00 Å². The second kappa shape index (κ2) is 2.57. The van der Waals surface area contributed by atoms with Gasteiger partial charge in [-0.05, 0) is 12.1 Å². The molecule has 1 unspecified atom stereocenters. The maximum atomic E-state index is 8.68. The van der Waals surface area contributed by atoms with Gasteiger partial charge in [-0.25, -0.2) is 0 Å². The molecule has 0 radical (unpaired) electrons. The van der Waals surface area contributed by atoms with Gasteiger partial charge in [0.2, 0.25) is 0 Å². The molecule has 1 aromatic carbocycles. The predicted octanol–water partition coefficient (Wildman–Crippen LogP) is 1.06. The van der Waals surface area contributed by atoms with Crippen LogP contribution in [0.1, 0.15) is 11.1 Å². The molecular weight excluding hydrogens is 176 g/mol. The van der Waals surface area contributed by atoms with Crippen LogP contribution in [-0.4, -0.2) is 24.6 Å². The van der Waals surface area contributed by atoms with Crippen molar-refractivity contribution in [3.63, 3.8) is 0 Å². The number of rotatable bonds is 1. The van der Waals surface area contributed by atoms with E-state index >= 15 is 0 Å². The van der Waals surface area contributed by atoms with E-state index in [0.717, 1.165) is 19.7 Å². The van der Waals surface area contributed by atoms with Crippen molar-refractivity contribution in [1.82, 2.24) is 4.90 Å². The van der Waals surface area contributed by atoms with E-state index in [1.54, 1.807) is 0 Å². The zero-order chi connectivity index (χ0) is 9.60. The molecule has 2 heterocycles. The molecule has 0 aliphatic carbocycles. The van der Waals surface area contributed by atoms with Crippen molar-refractivity contribution < 1.29 is 4.74 Å². The van der Waals surface area contributed by atoms with E-state index in [2.05, 4.69) is 11.0 Å². The number of benzene rings is 1. The zero-order valence-electron chi connectivity index (χ0n) is 7.73. The lowest BCUT2D eigenvalue weighted by Gasteiger charge is -2.10. The van der Waals surface area contributed by atoms with E-state index in [1.165, 1.54) is 5.56 Å². The van der Waals surface area contributed by atoms with Crippen LogP contribution in [0.4, 0.5) is 0 Å². The van der Waals surface area contributed by atoms with E-state index in [-0.39, 0.29) is 5.72 Å². The highest BCUT2D eigenvalue weighted by Crippen LogP contribution is 2.46. The summed E-state index contributed by atoms with van der Waals surface area (Å²) in [7, 11) is 0. The molecule has 3 rings (SSSR count). The largest absolute Gasteiger partial charge is 0.353 e. The summed E-state index contributed by atoms with van der Waals surface area (Å²) in [6.45, 7) is 2.85. The summed E-state index contributed by atoms with van der Waals surface area (Å²) in [6.07, 6.45) is 0. The Bertz CT molecular complexity index is 406. The first kappa shape index (κ1) is 7.98. The molecule has 0 amide bonds. The highest BCUT2D eigenvalue weighted by atomic mass is 16.5. The molecule has 3 heteroatoms. The smallest absolute Gasteiger partial charge is 0.160 e. The van der Waals surface area contributed by atoms with Gasteiger partial charge in [0.25, 0.3) is 0 Å². The van der Waals surface area contributed by atoms with Gasteiger partial charge in [-0.15, -0.1) is 0 Å². The quantitative estimate of drug-likeness (QED) is 0.615. The third kappa shape index (κ3) is 0.926. The van der Waals surface area contributed by atoms with Gasteiger partial charge in [0.15, 0.2) is 5.72 Å². The number of ether oxygens (including phenoxy) is 1. The van der Waals surface area contributed by atoms with Crippen LogP contribution in [0.2, 0.25) is 0 Å². The second-order valence-corrected chi connectivity index (χ2v) is 3.74. The lowest BCUT2D eigenvalue weighted by molar-refractivity contribution is 0.0588. The standard InChI is InChI=1S/C11H10N2O/c12-7-9-1-3-10(4-2-9)11-8-13(11)5-6-14-11/h1-4H,5-6,8H2/t11-,13?/m1/s1. The summed E-state index contributed by atoms with van der Waals surface area (Å²) in [5.41, 5.74) is 1.75. The Hall–Kier alpha value is -1.37. The van der Waals surface area contributed by atoms with Crippen molar-refractivity contribution >= 4 is 0 Å². The average Bonchev–Trinajstić information content (AvgIpc) is 2.82. The van der Waals surface area contributed by atoms with Crippen molar-refractivity contribution in [2.24, 2.45) is 0 Å². The molecular formula is C11H10N2O. The van der Waals surface area contributed by atoms with Gasteiger partial charge in [-0.2, -0.15) is 5.26 Å². The van der Waals surface area contributed by atoms with Crippen LogP contribution >= 0.6 is 0 Å². The minimum atomic E-state index is -0.131. The summed E-state index contributed by atoms with van der Waals surface area (Å²) in [4.78, 5) is 2.30. The molecule has 2 fully saturated rings. The highest BCUT2D eigenvalue weighted by Gasteiger charge is 2.58. The number of hydrogen-bond acceptors (Lipinski definition) is 3. The van der Waals surface area contributed by atoms with Crippen molar-refractivity contribution in [3.8, 4) is 6.07 Å². The van der Waals surface area contributed by atoms with Gasteiger partial charge in [-0.1, -0.05) is 12.1 Å². The molecule has 0 aromatic heterocycles. The molecule has 2 aliphatic heterocycles. The summed E-state index contributed by atoms with van der Waals surface area (Å²) in [5, 5.41) is 8.68. The molecule has 0 N–H and O–H groups in total. The Labute approximate surface area is 82.5 Å². The van der Waals surface area contributed by atoms with Gasteiger partial charge in [-0.3, -0.25) is 4.90 Å². The molecule has 0 spiro atoms. The number of nitriles is 1. The van der Waals surface area contributed by atoms with Crippen LogP contribution in [0.5, 0.6) is 0 Å². The summed E-state index contributed by atoms with van der Waals surface area (Å²) < 4.78 is 5.72. The van der Waals surface area contributed by atoms with E-state index in [1.807, 2.05) is 24.3 Å². The fourth-order valence-corrected chi connectivity index (χ4v) is 2.11. The van der Waals surface area contributed by atoms with Gasteiger partial charge >= 0.3 is 0 Å². The van der Waals surface area contributed by atoms with Gasteiger partial charge < -0.3 is 4.74 Å². The summed E-state index contributed by atoms with van der Waals surface area (Å²) in [6, 6.07) is 9.80. The zero-order valence-corrected chi connectivity index (χ0v) is 7.73. The van der Waals surface area contributed by atoms with Gasteiger partial charge in [0.1, 0.15) is 0 Å². The van der Waals surface area contributed by atoms with Crippen LogP contribution in [0.3, 0.4) is 0 Å². The second-order valence-electron chi connectivity index (χ2n) is 3.74. The highest BCUT2D eigenvalue weighted by molar-refractivity contribution is 5.36. The molecule has 14 heavy (non-hydrogen) atoms. The van der Waals surface area contributed by atoms with Crippen LogP contribution < -0.4 is 0 Å². The Morgan fingerprint density at radius 3 is 2.64 bits per heavy atom. The van der Waals surface area contributed by atoms with Crippen molar-refractivity contribution in [2.45, 2.75) is 5.72 Å². The van der Waals surface area contributed by atoms with E-state index in [0.29, 0.717) is 5.56 Å². The van der Waals surface area contributed by atoms with Crippen LogP contribution in [0.15, 0.2) is 24.3 Å². The lowest BCUT2D eigenvalue weighted by atomic mass is 10.1. The molecule has 0 saturated carbocycles. The van der Waals surface area contributed by atoms with Gasteiger partial charge in [0.05, 0.1) is 18.2 Å². The van der Waals surface area contributed by atoms with Crippen molar-refractivity contribution in [2.75, 3.05) is 19.7 Å². The third-order valence-corrected chi connectivity index (χ3v) is 2.98. The number of hydrogen-bond donors (Lipinski definition) is 0. The Morgan fingerprint density at radius 1 is 1.36 bits per heavy atom. The first-order valence-corrected chi connectivity index (χ1v) is 4.75. The van der Waals surface area contributed by atoms with E-state index in [9.17, 15) is 0 Å². The van der Waals surface area contributed by atoms with Crippen LogP contribution in [0, 0.1) is 11.3 Å². The Kier molecular flexibility index (Phi) is 1.46. The minimum Gasteiger partial charge on any atom is -0.353 e.